The fraction of sp³-hybridized carbons (Fsp3) is 0.500. The SMILES string of the molecule is CN(C1CCN(C(=O)CNC(=O)c2cc(F)cc(F)c2)CC1)S(C)(=O)=O. The van der Waals surface area contributed by atoms with Gasteiger partial charge in [-0.05, 0) is 25.0 Å². The van der Waals surface area contributed by atoms with Crippen LogP contribution < -0.4 is 5.32 Å². The Morgan fingerprint density at radius 1 is 1.19 bits per heavy atom. The van der Waals surface area contributed by atoms with Gasteiger partial charge >= 0.3 is 0 Å². The van der Waals surface area contributed by atoms with Crippen LogP contribution in [0, 0.1) is 11.6 Å². The third-order valence-electron chi connectivity index (χ3n) is 4.38. The molecule has 0 unspecified atom stereocenters. The van der Waals surface area contributed by atoms with Crippen LogP contribution in [-0.2, 0) is 14.8 Å². The second kappa shape index (κ2) is 8.09. The van der Waals surface area contributed by atoms with E-state index in [1.807, 2.05) is 0 Å². The molecule has 1 aromatic rings. The average molecular weight is 389 g/mol. The zero-order valence-corrected chi connectivity index (χ0v) is 15.4. The lowest BCUT2D eigenvalue weighted by atomic mass is 10.1. The van der Waals surface area contributed by atoms with Gasteiger partial charge in [-0.15, -0.1) is 0 Å². The first kappa shape index (κ1) is 20.2. The second-order valence-corrected chi connectivity index (χ2v) is 8.27. The molecule has 26 heavy (non-hydrogen) atoms. The van der Waals surface area contributed by atoms with Crippen LogP contribution in [0.15, 0.2) is 18.2 Å². The number of hydrogen-bond acceptors (Lipinski definition) is 4. The molecule has 0 atom stereocenters. The molecule has 0 spiro atoms. The molecule has 1 aromatic carbocycles. The molecule has 1 heterocycles. The van der Waals surface area contributed by atoms with Crippen LogP contribution in [0.2, 0.25) is 0 Å². The average Bonchev–Trinajstić information content (AvgIpc) is 2.57. The number of piperidine rings is 1. The van der Waals surface area contributed by atoms with Crippen molar-refractivity contribution in [2.45, 2.75) is 18.9 Å². The van der Waals surface area contributed by atoms with Gasteiger partial charge in [0.15, 0.2) is 0 Å². The smallest absolute Gasteiger partial charge is 0.251 e. The molecule has 144 valence electrons. The number of amides is 2. The van der Waals surface area contributed by atoms with Crippen molar-refractivity contribution in [2.24, 2.45) is 0 Å². The minimum atomic E-state index is -3.29. The Bertz CT molecular complexity index is 772. The number of carbonyl (C=O) groups excluding carboxylic acids is 2. The summed E-state index contributed by atoms with van der Waals surface area (Å²) in [4.78, 5) is 25.6. The van der Waals surface area contributed by atoms with Gasteiger partial charge in [-0.2, -0.15) is 0 Å². The molecular weight excluding hydrogens is 368 g/mol. The minimum Gasteiger partial charge on any atom is -0.343 e. The molecule has 1 fully saturated rings. The number of nitrogens with one attached hydrogen (secondary N) is 1. The number of sulfonamides is 1. The van der Waals surface area contributed by atoms with Crippen LogP contribution in [0.1, 0.15) is 23.2 Å². The van der Waals surface area contributed by atoms with Crippen molar-refractivity contribution >= 4 is 21.8 Å². The summed E-state index contributed by atoms with van der Waals surface area (Å²) in [6.07, 6.45) is 2.13. The largest absolute Gasteiger partial charge is 0.343 e. The van der Waals surface area contributed by atoms with Gasteiger partial charge in [-0.1, -0.05) is 0 Å². The predicted molar refractivity (Wildman–Crippen MR) is 90.9 cm³/mol. The molecule has 0 radical (unpaired) electrons. The van der Waals surface area contributed by atoms with E-state index in [1.165, 1.54) is 16.3 Å². The maximum atomic E-state index is 13.1. The van der Waals surface area contributed by atoms with Crippen molar-refractivity contribution in [3.05, 3.63) is 35.4 Å². The zero-order valence-electron chi connectivity index (χ0n) is 14.5. The van der Waals surface area contributed by atoms with Gasteiger partial charge in [-0.25, -0.2) is 21.5 Å². The maximum absolute atomic E-state index is 13.1. The molecule has 1 aliphatic rings. The molecule has 2 amide bonds. The molecule has 7 nitrogen and oxygen atoms in total. The van der Waals surface area contributed by atoms with Crippen LogP contribution >= 0.6 is 0 Å². The van der Waals surface area contributed by atoms with Gasteiger partial charge in [0.2, 0.25) is 15.9 Å². The van der Waals surface area contributed by atoms with E-state index < -0.39 is 27.6 Å². The third kappa shape index (κ3) is 5.21. The quantitative estimate of drug-likeness (QED) is 0.798. The number of nitrogens with zero attached hydrogens (tertiary/aromatic N) is 2. The Hall–Kier alpha value is -2.07. The van der Waals surface area contributed by atoms with Crippen LogP contribution in [-0.4, -0.2) is 68.4 Å². The van der Waals surface area contributed by atoms with Crippen molar-refractivity contribution in [3.63, 3.8) is 0 Å². The van der Waals surface area contributed by atoms with Crippen molar-refractivity contribution in [2.75, 3.05) is 32.9 Å². The fourth-order valence-corrected chi connectivity index (χ4v) is 3.56. The highest BCUT2D eigenvalue weighted by atomic mass is 32.2. The van der Waals surface area contributed by atoms with Crippen LogP contribution in [0.25, 0.3) is 0 Å². The van der Waals surface area contributed by atoms with E-state index >= 15 is 0 Å². The first-order valence-electron chi connectivity index (χ1n) is 8.03. The Kier molecular flexibility index (Phi) is 6.30. The van der Waals surface area contributed by atoms with Gasteiger partial charge < -0.3 is 10.2 Å². The molecule has 1 N–H and O–H groups in total. The van der Waals surface area contributed by atoms with Gasteiger partial charge in [0.05, 0.1) is 12.8 Å². The third-order valence-corrected chi connectivity index (χ3v) is 5.72. The lowest BCUT2D eigenvalue weighted by Crippen LogP contribution is -2.49. The van der Waals surface area contributed by atoms with Gasteiger partial charge in [0.25, 0.3) is 5.91 Å². The molecule has 0 aliphatic carbocycles. The van der Waals surface area contributed by atoms with Crippen LogP contribution in [0.4, 0.5) is 8.78 Å². The summed E-state index contributed by atoms with van der Waals surface area (Å²) in [5, 5.41) is 2.34. The summed E-state index contributed by atoms with van der Waals surface area (Å²) in [5.41, 5.74) is -0.205. The van der Waals surface area contributed by atoms with Crippen molar-refractivity contribution < 1.29 is 26.8 Å². The van der Waals surface area contributed by atoms with Crippen molar-refractivity contribution in [1.29, 1.82) is 0 Å². The van der Waals surface area contributed by atoms with Crippen LogP contribution in [0.3, 0.4) is 0 Å². The molecule has 2 rings (SSSR count). The Morgan fingerprint density at radius 2 is 1.73 bits per heavy atom. The molecule has 0 aromatic heterocycles. The lowest BCUT2D eigenvalue weighted by Gasteiger charge is -2.35. The first-order chi connectivity index (χ1) is 12.1. The summed E-state index contributed by atoms with van der Waals surface area (Å²) in [5.74, 6) is -2.84. The molecular formula is C16H21F2N3O4S. The fourth-order valence-electron chi connectivity index (χ4n) is 2.80. The van der Waals surface area contributed by atoms with E-state index in [9.17, 15) is 26.8 Å². The number of rotatable bonds is 5. The molecule has 0 saturated carbocycles. The highest BCUT2D eigenvalue weighted by Crippen LogP contribution is 2.17. The Morgan fingerprint density at radius 3 is 2.23 bits per heavy atom. The standard InChI is InChI=1S/C16H21F2N3O4S/c1-20(26(2,24)25)14-3-5-21(6-4-14)15(22)10-19-16(23)11-7-12(17)9-13(18)8-11/h7-9,14H,3-6,10H2,1-2H3,(H,19,23). The number of halogens is 2. The summed E-state index contributed by atoms with van der Waals surface area (Å²) in [6.45, 7) is 0.436. The topological polar surface area (TPSA) is 86.8 Å². The summed E-state index contributed by atoms with van der Waals surface area (Å²) >= 11 is 0. The molecule has 10 heteroatoms. The normalized spacial score (nSPS) is 16.0. The Balaban J connectivity index is 1.85. The van der Waals surface area contributed by atoms with Gasteiger partial charge in [0, 0.05) is 37.8 Å². The molecule has 0 bridgehead atoms. The van der Waals surface area contributed by atoms with E-state index in [0.29, 0.717) is 32.0 Å². The van der Waals surface area contributed by atoms with Gasteiger partial charge in [0.1, 0.15) is 11.6 Å². The summed E-state index contributed by atoms with van der Waals surface area (Å²) < 4.78 is 50.6. The number of likely N-dealkylation sites (tertiary alicyclic amines) is 1. The summed E-state index contributed by atoms with van der Waals surface area (Å²) in [7, 11) is -1.78. The second-order valence-electron chi connectivity index (χ2n) is 6.23. The zero-order chi connectivity index (χ0) is 19.5. The highest BCUT2D eigenvalue weighted by molar-refractivity contribution is 7.88. The van der Waals surface area contributed by atoms with E-state index in [0.717, 1.165) is 18.4 Å². The molecule has 1 aliphatic heterocycles. The maximum Gasteiger partial charge on any atom is 0.251 e. The first-order valence-corrected chi connectivity index (χ1v) is 9.88. The predicted octanol–water partition coefficient (Wildman–Crippen LogP) is 0.577. The van der Waals surface area contributed by atoms with Crippen LogP contribution in [0.5, 0.6) is 0 Å². The van der Waals surface area contributed by atoms with Crippen molar-refractivity contribution in [3.8, 4) is 0 Å². The van der Waals surface area contributed by atoms with E-state index in [4.69, 9.17) is 0 Å². The number of carbonyl (C=O) groups is 2. The highest BCUT2D eigenvalue weighted by Gasteiger charge is 2.29. The number of hydrogen-bond donors (Lipinski definition) is 1. The minimum absolute atomic E-state index is 0.168. The molecule has 1 saturated heterocycles. The number of benzene rings is 1. The summed E-state index contributed by atoms with van der Waals surface area (Å²) in [6, 6.07) is 2.25. The lowest BCUT2D eigenvalue weighted by molar-refractivity contribution is -0.131. The van der Waals surface area contributed by atoms with E-state index in [1.54, 1.807) is 0 Å². The monoisotopic (exact) mass is 389 g/mol. The van der Waals surface area contributed by atoms with Crippen molar-refractivity contribution in [1.82, 2.24) is 14.5 Å². The van der Waals surface area contributed by atoms with Gasteiger partial charge in [-0.3, -0.25) is 9.59 Å². The van der Waals surface area contributed by atoms with E-state index in [-0.39, 0.29) is 24.1 Å². The Labute approximate surface area is 151 Å². The van der Waals surface area contributed by atoms with E-state index in [2.05, 4.69) is 5.32 Å².